The molecule has 0 saturated heterocycles. The number of hydrogen-bond donors (Lipinski definition) is 0. The minimum atomic E-state index is -0.774. The summed E-state index contributed by atoms with van der Waals surface area (Å²) < 4.78 is 17.6. The number of methoxy groups -OCH3 is 1. The second-order valence-corrected chi connectivity index (χ2v) is 6.41. The molecule has 0 aliphatic heterocycles. The third kappa shape index (κ3) is 3.64. The van der Waals surface area contributed by atoms with Crippen LogP contribution < -0.4 is 4.74 Å². The third-order valence-electron chi connectivity index (χ3n) is 4.21. The van der Waals surface area contributed by atoms with Crippen LogP contribution in [0.25, 0.3) is 17.2 Å². The topological polar surface area (TPSA) is 118 Å². The van der Waals surface area contributed by atoms with Gasteiger partial charge in [0, 0.05) is 17.0 Å². The predicted molar refractivity (Wildman–Crippen MR) is 100 cm³/mol. The summed E-state index contributed by atoms with van der Waals surface area (Å²) in [5, 5.41) is 12.1. The summed E-state index contributed by atoms with van der Waals surface area (Å²) in [5.74, 6) is 0.735. The molecule has 0 unspecified atom stereocenters. The number of benzene rings is 1. The zero-order valence-corrected chi connectivity index (χ0v) is 16.3. The van der Waals surface area contributed by atoms with Gasteiger partial charge in [0.15, 0.2) is 6.10 Å². The first-order valence-corrected chi connectivity index (χ1v) is 8.84. The number of rotatable bonds is 5. The smallest absolute Gasteiger partial charge is 0.379 e. The van der Waals surface area contributed by atoms with E-state index in [9.17, 15) is 4.79 Å². The first-order chi connectivity index (χ1) is 13.9. The van der Waals surface area contributed by atoms with Gasteiger partial charge < -0.3 is 13.9 Å². The first-order valence-electron chi connectivity index (χ1n) is 8.84. The summed E-state index contributed by atoms with van der Waals surface area (Å²) in [7, 11) is 1.59. The molecule has 148 valence electrons. The fourth-order valence-corrected chi connectivity index (χ4v) is 2.77. The highest BCUT2D eigenvalue weighted by Crippen LogP contribution is 2.24. The van der Waals surface area contributed by atoms with Crippen molar-refractivity contribution in [2.24, 2.45) is 0 Å². The second kappa shape index (κ2) is 7.30. The van der Waals surface area contributed by atoms with Gasteiger partial charge in [-0.2, -0.15) is 4.98 Å². The maximum absolute atomic E-state index is 12.4. The molecule has 0 bridgehead atoms. The Morgan fingerprint density at radius 3 is 2.62 bits per heavy atom. The standard InChI is InChI=1S/C19H18N6O4/c1-10-9-11(2)25-19(20-10)21-15(24-25)18(26)28-12(3)16-22-23-17(29-16)13-5-7-14(27-4)8-6-13/h5-9,12H,1-4H3/t12-/m1/s1. The van der Waals surface area contributed by atoms with Crippen LogP contribution in [0.3, 0.4) is 0 Å². The molecule has 4 rings (SSSR count). The van der Waals surface area contributed by atoms with Crippen LogP contribution in [-0.4, -0.2) is 42.9 Å². The molecule has 3 aromatic heterocycles. The van der Waals surface area contributed by atoms with E-state index >= 15 is 0 Å². The Bertz CT molecular complexity index is 1180. The van der Waals surface area contributed by atoms with Crippen molar-refractivity contribution in [1.82, 2.24) is 29.8 Å². The van der Waals surface area contributed by atoms with E-state index in [1.165, 1.54) is 4.52 Å². The van der Waals surface area contributed by atoms with Crippen LogP contribution in [0.2, 0.25) is 0 Å². The monoisotopic (exact) mass is 394 g/mol. The van der Waals surface area contributed by atoms with Crippen LogP contribution in [0.5, 0.6) is 5.75 Å². The Kier molecular flexibility index (Phi) is 4.67. The van der Waals surface area contributed by atoms with Crippen molar-refractivity contribution in [3.8, 4) is 17.2 Å². The van der Waals surface area contributed by atoms with Crippen LogP contribution in [0.4, 0.5) is 0 Å². The number of ether oxygens (including phenoxy) is 2. The molecule has 0 N–H and O–H groups in total. The van der Waals surface area contributed by atoms with E-state index in [1.54, 1.807) is 38.3 Å². The quantitative estimate of drug-likeness (QED) is 0.471. The van der Waals surface area contributed by atoms with Gasteiger partial charge >= 0.3 is 5.97 Å². The van der Waals surface area contributed by atoms with Crippen molar-refractivity contribution < 1.29 is 18.7 Å². The van der Waals surface area contributed by atoms with E-state index in [-0.39, 0.29) is 11.7 Å². The Hall–Kier alpha value is -3.82. The molecule has 29 heavy (non-hydrogen) atoms. The van der Waals surface area contributed by atoms with Gasteiger partial charge in [0.25, 0.3) is 17.5 Å². The normalized spacial score (nSPS) is 12.1. The Morgan fingerprint density at radius 2 is 1.90 bits per heavy atom. The highest BCUT2D eigenvalue weighted by Gasteiger charge is 2.23. The van der Waals surface area contributed by atoms with E-state index in [2.05, 4.69) is 25.3 Å². The number of fused-ring (bicyclic) bond motifs is 1. The summed E-state index contributed by atoms with van der Waals surface area (Å²) in [6.07, 6.45) is -0.774. The van der Waals surface area contributed by atoms with Crippen molar-refractivity contribution in [3.05, 3.63) is 53.4 Å². The molecule has 10 heteroatoms. The number of aryl methyl sites for hydroxylation is 2. The number of carbonyl (C=O) groups is 1. The summed E-state index contributed by atoms with van der Waals surface area (Å²) in [4.78, 5) is 20.8. The third-order valence-corrected chi connectivity index (χ3v) is 4.21. The maximum Gasteiger partial charge on any atom is 0.379 e. The largest absolute Gasteiger partial charge is 0.497 e. The molecule has 0 radical (unpaired) electrons. The van der Waals surface area contributed by atoms with Gasteiger partial charge in [-0.15, -0.1) is 15.3 Å². The molecule has 3 heterocycles. The van der Waals surface area contributed by atoms with Gasteiger partial charge in [0.2, 0.25) is 5.89 Å². The van der Waals surface area contributed by atoms with Gasteiger partial charge in [0.05, 0.1) is 7.11 Å². The molecular weight excluding hydrogens is 376 g/mol. The minimum absolute atomic E-state index is 0.0899. The van der Waals surface area contributed by atoms with Crippen LogP contribution in [-0.2, 0) is 4.74 Å². The summed E-state index contributed by atoms with van der Waals surface area (Å²) in [6, 6.07) is 9.01. The molecule has 0 aliphatic rings. The zero-order chi connectivity index (χ0) is 20.5. The van der Waals surface area contributed by atoms with Crippen molar-refractivity contribution in [2.75, 3.05) is 7.11 Å². The van der Waals surface area contributed by atoms with Gasteiger partial charge in [-0.3, -0.25) is 0 Å². The number of nitrogens with zero attached hydrogens (tertiary/aromatic N) is 6. The molecule has 1 aromatic carbocycles. The average molecular weight is 394 g/mol. The SMILES string of the molecule is COc1ccc(-c2nnc([C@@H](C)OC(=O)c3nc4nc(C)cc(C)n4n3)o2)cc1. The fraction of sp³-hybridized carbons (Fsp3) is 0.263. The Labute approximate surface area is 165 Å². The summed E-state index contributed by atoms with van der Waals surface area (Å²) in [5.41, 5.74) is 2.32. The van der Waals surface area contributed by atoms with E-state index in [4.69, 9.17) is 13.9 Å². The molecule has 0 saturated carbocycles. The van der Waals surface area contributed by atoms with E-state index < -0.39 is 12.1 Å². The van der Waals surface area contributed by atoms with E-state index in [1.807, 2.05) is 19.9 Å². The van der Waals surface area contributed by atoms with Gasteiger partial charge in [-0.1, -0.05) is 0 Å². The zero-order valence-electron chi connectivity index (χ0n) is 16.3. The highest BCUT2D eigenvalue weighted by molar-refractivity contribution is 5.85. The fourth-order valence-electron chi connectivity index (χ4n) is 2.77. The molecular formula is C19H18N6O4. The molecule has 10 nitrogen and oxygen atoms in total. The van der Waals surface area contributed by atoms with Gasteiger partial charge in [-0.05, 0) is 51.1 Å². The van der Waals surface area contributed by atoms with Crippen molar-refractivity contribution in [2.45, 2.75) is 26.9 Å². The lowest BCUT2D eigenvalue weighted by Crippen LogP contribution is -2.11. The number of esters is 1. The van der Waals surface area contributed by atoms with Crippen molar-refractivity contribution in [1.29, 1.82) is 0 Å². The minimum Gasteiger partial charge on any atom is -0.497 e. The molecule has 0 spiro atoms. The maximum atomic E-state index is 12.4. The van der Waals surface area contributed by atoms with Crippen LogP contribution in [0, 0.1) is 13.8 Å². The average Bonchev–Trinajstić information content (AvgIpc) is 3.35. The summed E-state index contributed by atoms with van der Waals surface area (Å²) >= 11 is 0. The number of hydrogen-bond acceptors (Lipinski definition) is 9. The van der Waals surface area contributed by atoms with Gasteiger partial charge in [0.1, 0.15) is 5.75 Å². The Balaban J connectivity index is 1.50. The molecule has 0 fully saturated rings. The number of aromatic nitrogens is 6. The van der Waals surface area contributed by atoms with E-state index in [0.29, 0.717) is 11.7 Å². The van der Waals surface area contributed by atoms with Gasteiger partial charge in [-0.25, -0.2) is 14.3 Å². The first kappa shape index (κ1) is 18.5. The summed E-state index contributed by atoms with van der Waals surface area (Å²) in [6.45, 7) is 5.33. The predicted octanol–water partition coefficient (Wildman–Crippen LogP) is 2.72. The molecule has 0 aliphatic carbocycles. The second-order valence-electron chi connectivity index (χ2n) is 6.41. The lowest BCUT2D eigenvalue weighted by molar-refractivity contribution is 0.0266. The van der Waals surface area contributed by atoms with Crippen molar-refractivity contribution >= 4 is 11.7 Å². The highest BCUT2D eigenvalue weighted by atomic mass is 16.6. The molecule has 0 amide bonds. The van der Waals surface area contributed by atoms with Crippen LogP contribution in [0.15, 0.2) is 34.7 Å². The lowest BCUT2D eigenvalue weighted by Gasteiger charge is -2.06. The lowest BCUT2D eigenvalue weighted by atomic mass is 10.2. The van der Waals surface area contributed by atoms with Crippen LogP contribution in [0.1, 0.15) is 40.9 Å². The Morgan fingerprint density at radius 1 is 1.14 bits per heavy atom. The molecule has 4 aromatic rings. The van der Waals surface area contributed by atoms with Crippen LogP contribution >= 0.6 is 0 Å². The number of carbonyl (C=O) groups excluding carboxylic acids is 1. The molecule has 1 atom stereocenters. The van der Waals surface area contributed by atoms with Crippen molar-refractivity contribution in [3.63, 3.8) is 0 Å². The van der Waals surface area contributed by atoms with E-state index in [0.717, 1.165) is 22.7 Å².